The molecule has 0 heterocycles. The highest BCUT2D eigenvalue weighted by Gasteiger charge is 2.11. The van der Waals surface area contributed by atoms with Gasteiger partial charge in [-0.2, -0.15) is 8.78 Å². The summed E-state index contributed by atoms with van der Waals surface area (Å²) in [5.41, 5.74) is 0.440. The molecule has 1 N–H and O–H groups in total. The van der Waals surface area contributed by atoms with E-state index in [9.17, 15) is 13.6 Å². The summed E-state index contributed by atoms with van der Waals surface area (Å²) >= 11 is 0. The smallest absolute Gasteiger partial charge is 0.387 e. The number of hydrogen-bond donors (Lipinski definition) is 1. The maximum atomic E-state index is 11.9. The van der Waals surface area contributed by atoms with Crippen LogP contribution in [0.15, 0.2) is 24.3 Å². The van der Waals surface area contributed by atoms with Gasteiger partial charge in [0.15, 0.2) is 0 Å². The first-order chi connectivity index (χ1) is 8.54. The Bertz CT molecular complexity index is 382. The average molecular weight is 258 g/mol. The molecule has 1 aromatic carbocycles. The summed E-state index contributed by atoms with van der Waals surface area (Å²) in [7, 11) is 3.48. The van der Waals surface area contributed by atoms with E-state index in [0.29, 0.717) is 18.7 Å². The Balaban J connectivity index is 2.63. The van der Waals surface area contributed by atoms with Crippen LogP contribution in [0.5, 0.6) is 5.75 Å². The highest BCUT2D eigenvalue weighted by atomic mass is 19.3. The van der Waals surface area contributed by atoms with Crippen molar-refractivity contribution >= 4 is 5.91 Å². The van der Waals surface area contributed by atoms with Crippen molar-refractivity contribution < 1.29 is 18.3 Å². The summed E-state index contributed by atoms with van der Waals surface area (Å²) in [4.78, 5) is 13.4. The maximum absolute atomic E-state index is 11.9. The number of amides is 1. The van der Waals surface area contributed by atoms with E-state index in [1.165, 1.54) is 24.3 Å². The van der Waals surface area contributed by atoms with Gasteiger partial charge in [-0.3, -0.25) is 4.79 Å². The van der Waals surface area contributed by atoms with Crippen molar-refractivity contribution in [2.45, 2.75) is 6.61 Å². The van der Waals surface area contributed by atoms with Crippen molar-refractivity contribution in [3.05, 3.63) is 29.8 Å². The first kappa shape index (κ1) is 14.4. The third kappa shape index (κ3) is 4.29. The van der Waals surface area contributed by atoms with Gasteiger partial charge in [-0.15, -0.1) is 0 Å². The lowest BCUT2D eigenvalue weighted by molar-refractivity contribution is -0.0498. The first-order valence-corrected chi connectivity index (χ1v) is 5.49. The number of carbonyl (C=O) groups is 1. The zero-order valence-electron chi connectivity index (χ0n) is 10.3. The molecule has 4 nitrogen and oxygen atoms in total. The molecule has 1 amide bonds. The lowest BCUT2D eigenvalue weighted by atomic mass is 10.2. The molecular weight excluding hydrogens is 242 g/mol. The average Bonchev–Trinajstić information content (AvgIpc) is 2.35. The Kier molecular flexibility index (Phi) is 5.51. The van der Waals surface area contributed by atoms with E-state index in [0.717, 1.165) is 0 Å². The van der Waals surface area contributed by atoms with Crippen LogP contribution in [0.3, 0.4) is 0 Å². The zero-order valence-corrected chi connectivity index (χ0v) is 10.3. The summed E-state index contributed by atoms with van der Waals surface area (Å²) in [6, 6.07) is 5.64. The van der Waals surface area contributed by atoms with E-state index in [1.807, 2.05) is 0 Å². The number of nitrogens with zero attached hydrogens (tertiary/aromatic N) is 1. The van der Waals surface area contributed by atoms with Crippen LogP contribution >= 0.6 is 0 Å². The molecule has 0 bridgehead atoms. The molecule has 0 fully saturated rings. The second-order valence-corrected chi connectivity index (χ2v) is 3.73. The van der Waals surface area contributed by atoms with E-state index in [-0.39, 0.29) is 11.7 Å². The van der Waals surface area contributed by atoms with Gasteiger partial charge >= 0.3 is 6.61 Å². The van der Waals surface area contributed by atoms with Gasteiger partial charge < -0.3 is 15.0 Å². The Labute approximate surface area is 105 Å². The third-order valence-electron chi connectivity index (χ3n) is 2.37. The minimum atomic E-state index is -2.86. The van der Waals surface area contributed by atoms with Gasteiger partial charge in [-0.25, -0.2) is 0 Å². The van der Waals surface area contributed by atoms with E-state index >= 15 is 0 Å². The zero-order chi connectivity index (χ0) is 13.5. The summed E-state index contributed by atoms with van der Waals surface area (Å²) in [5.74, 6) is -0.117. The molecule has 0 saturated carbocycles. The number of nitrogens with one attached hydrogen (secondary N) is 1. The van der Waals surface area contributed by atoms with Gasteiger partial charge in [-0.1, -0.05) is 0 Å². The quantitative estimate of drug-likeness (QED) is 0.842. The van der Waals surface area contributed by atoms with Gasteiger partial charge in [0.05, 0.1) is 0 Å². The molecule has 1 aromatic rings. The maximum Gasteiger partial charge on any atom is 0.387 e. The number of halogens is 2. The number of carbonyl (C=O) groups excluding carboxylic acids is 1. The molecular formula is C12H16F2N2O2. The molecule has 0 aliphatic carbocycles. The predicted octanol–water partition coefficient (Wildman–Crippen LogP) is 1.58. The molecule has 0 aliphatic heterocycles. The van der Waals surface area contributed by atoms with Crippen LogP contribution in [0.4, 0.5) is 8.78 Å². The van der Waals surface area contributed by atoms with Gasteiger partial charge in [0.25, 0.3) is 5.91 Å². The van der Waals surface area contributed by atoms with Crippen molar-refractivity contribution in [2.24, 2.45) is 0 Å². The van der Waals surface area contributed by atoms with Crippen LogP contribution in [0.1, 0.15) is 10.4 Å². The second kappa shape index (κ2) is 6.90. The lowest BCUT2D eigenvalue weighted by Crippen LogP contribution is -2.32. The minimum absolute atomic E-state index is 0.0411. The molecule has 100 valence electrons. The fourth-order valence-corrected chi connectivity index (χ4v) is 1.38. The van der Waals surface area contributed by atoms with Crippen molar-refractivity contribution in [2.75, 3.05) is 27.2 Å². The van der Waals surface area contributed by atoms with Crippen LogP contribution < -0.4 is 10.1 Å². The molecule has 1 rings (SSSR count). The van der Waals surface area contributed by atoms with Crippen molar-refractivity contribution in [3.63, 3.8) is 0 Å². The lowest BCUT2D eigenvalue weighted by Gasteiger charge is -2.17. The molecule has 0 atom stereocenters. The Morgan fingerprint density at radius 2 is 2.00 bits per heavy atom. The van der Waals surface area contributed by atoms with Crippen LogP contribution in [-0.2, 0) is 0 Å². The van der Waals surface area contributed by atoms with Gasteiger partial charge in [-0.05, 0) is 31.3 Å². The number of benzene rings is 1. The molecule has 0 saturated heterocycles. The van der Waals surface area contributed by atoms with E-state index in [4.69, 9.17) is 0 Å². The molecule has 0 unspecified atom stereocenters. The number of alkyl halides is 2. The molecule has 0 aliphatic rings. The number of ether oxygens (including phenoxy) is 1. The van der Waals surface area contributed by atoms with E-state index in [2.05, 4.69) is 10.1 Å². The third-order valence-corrected chi connectivity index (χ3v) is 2.37. The fourth-order valence-electron chi connectivity index (χ4n) is 1.38. The molecule has 0 radical (unpaired) electrons. The summed E-state index contributed by atoms with van der Waals surface area (Å²) < 4.78 is 28.1. The monoisotopic (exact) mass is 258 g/mol. The van der Waals surface area contributed by atoms with Crippen LogP contribution in [0.25, 0.3) is 0 Å². The molecule has 0 spiro atoms. The van der Waals surface area contributed by atoms with E-state index in [1.54, 1.807) is 19.0 Å². The molecule has 18 heavy (non-hydrogen) atoms. The Hall–Kier alpha value is -1.69. The molecule has 0 aromatic heterocycles. The van der Waals surface area contributed by atoms with Crippen molar-refractivity contribution in [1.82, 2.24) is 10.2 Å². The summed E-state index contributed by atoms with van der Waals surface area (Å²) in [6.07, 6.45) is 0. The van der Waals surface area contributed by atoms with Gasteiger partial charge in [0.2, 0.25) is 0 Å². The normalized spacial score (nSPS) is 10.5. The number of hydrogen-bond acceptors (Lipinski definition) is 3. The number of rotatable bonds is 6. The first-order valence-electron chi connectivity index (χ1n) is 5.49. The van der Waals surface area contributed by atoms with Crippen LogP contribution in [-0.4, -0.2) is 44.6 Å². The standard InChI is InChI=1S/C12H16F2N2O2/c1-15-7-8-16(2)11(17)9-3-5-10(6-4-9)18-12(13)14/h3-6,12,15H,7-8H2,1-2H3. The predicted molar refractivity (Wildman–Crippen MR) is 64.0 cm³/mol. The highest BCUT2D eigenvalue weighted by molar-refractivity contribution is 5.94. The van der Waals surface area contributed by atoms with Crippen molar-refractivity contribution in [3.8, 4) is 5.75 Å². The number of likely N-dealkylation sites (N-methyl/N-ethyl adjacent to an activating group) is 2. The largest absolute Gasteiger partial charge is 0.435 e. The minimum Gasteiger partial charge on any atom is -0.435 e. The Morgan fingerprint density at radius 1 is 1.39 bits per heavy atom. The Morgan fingerprint density at radius 3 is 2.50 bits per heavy atom. The van der Waals surface area contributed by atoms with Gasteiger partial charge in [0, 0.05) is 25.7 Å². The van der Waals surface area contributed by atoms with E-state index < -0.39 is 6.61 Å². The summed E-state index contributed by atoms with van der Waals surface area (Å²) in [6.45, 7) is -1.59. The molecule has 6 heteroatoms. The summed E-state index contributed by atoms with van der Waals surface area (Å²) in [5, 5.41) is 2.94. The van der Waals surface area contributed by atoms with Gasteiger partial charge in [0.1, 0.15) is 5.75 Å². The van der Waals surface area contributed by atoms with Crippen LogP contribution in [0, 0.1) is 0 Å². The second-order valence-electron chi connectivity index (χ2n) is 3.73. The topological polar surface area (TPSA) is 41.6 Å². The highest BCUT2D eigenvalue weighted by Crippen LogP contribution is 2.15. The van der Waals surface area contributed by atoms with Crippen molar-refractivity contribution in [1.29, 1.82) is 0 Å². The fraction of sp³-hybridized carbons (Fsp3) is 0.417. The SMILES string of the molecule is CNCCN(C)C(=O)c1ccc(OC(F)F)cc1. The van der Waals surface area contributed by atoms with Crippen LogP contribution in [0.2, 0.25) is 0 Å².